The van der Waals surface area contributed by atoms with E-state index >= 15 is 0 Å². The predicted octanol–water partition coefficient (Wildman–Crippen LogP) is 5.36. The topological polar surface area (TPSA) is 88.9 Å². The van der Waals surface area contributed by atoms with Crippen molar-refractivity contribution in [2.45, 2.75) is 30.8 Å². The minimum Gasteiger partial charge on any atom is -0.342 e. The van der Waals surface area contributed by atoms with Crippen LogP contribution in [0.25, 0.3) is 0 Å². The minimum atomic E-state index is -4.51. The zero-order valence-electron chi connectivity index (χ0n) is 18.5. The maximum atomic E-state index is 12.9. The molecule has 3 aromatic rings. The van der Waals surface area contributed by atoms with Crippen molar-refractivity contribution in [3.05, 3.63) is 83.2 Å². The first-order chi connectivity index (χ1) is 16.6. The van der Waals surface area contributed by atoms with Gasteiger partial charge in [0.25, 0.3) is 5.91 Å². The third-order valence-corrected chi connectivity index (χ3v) is 6.01. The number of hydrogen-bond acceptors (Lipinski definition) is 5. The van der Waals surface area contributed by atoms with Gasteiger partial charge in [-0.2, -0.15) is 13.2 Å². The summed E-state index contributed by atoms with van der Waals surface area (Å²) in [6.07, 6.45) is -2.90. The normalized spacial score (nSPS) is 12.1. The van der Waals surface area contributed by atoms with Crippen LogP contribution in [0.3, 0.4) is 0 Å². The van der Waals surface area contributed by atoms with E-state index in [-0.39, 0.29) is 17.3 Å². The molecule has 0 radical (unpaired) electrons. The predicted molar refractivity (Wildman–Crippen MR) is 128 cm³/mol. The van der Waals surface area contributed by atoms with E-state index in [4.69, 9.17) is 11.6 Å². The van der Waals surface area contributed by atoms with Crippen molar-refractivity contribution < 1.29 is 22.8 Å². The number of nitrogens with one attached hydrogen (secondary N) is 2. The van der Waals surface area contributed by atoms with Crippen LogP contribution in [0.1, 0.15) is 34.7 Å². The average molecular weight is 524 g/mol. The second kappa shape index (κ2) is 11.4. The van der Waals surface area contributed by atoms with Crippen LogP contribution in [0, 0.1) is 0 Å². The summed E-state index contributed by atoms with van der Waals surface area (Å²) in [5.41, 5.74) is -0.502. The number of halogens is 4. The van der Waals surface area contributed by atoms with E-state index in [0.717, 1.165) is 23.9 Å². The van der Waals surface area contributed by atoms with Gasteiger partial charge in [0, 0.05) is 12.2 Å². The van der Waals surface area contributed by atoms with Crippen molar-refractivity contribution >= 4 is 40.9 Å². The highest BCUT2D eigenvalue weighted by Crippen LogP contribution is 2.31. The Labute approximate surface area is 208 Å². The Bertz CT molecular complexity index is 1230. The molecule has 2 amide bonds. The summed E-state index contributed by atoms with van der Waals surface area (Å²) in [5, 5.41) is 14.2. The average Bonchev–Trinajstić information content (AvgIpc) is 3.20. The molecule has 0 fully saturated rings. The summed E-state index contributed by atoms with van der Waals surface area (Å²) in [5.74, 6) is -0.576. The highest BCUT2D eigenvalue weighted by Gasteiger charge is 2.30. The third-order valence-electron chi connectivity index (χ3n) is 4.72. The standard InChI is InChI=1S/C23H21ClF3N5O2S/c1-3-11-32-20(14(2)28-21(34)17-9-4-5-10-18(17)24)30-31-22(32)35-13-19(33)29-16-8-6-7-15(12-16)23(25,26)27/h3-10,12,14H,1,11,13H2,2H3,(H,28,34)(H,29,33)/t14-/m0/s1. The monoisotopic (exact) mass is 523 g/mol. The minimum absolute atomic E-state index is 0.0366. The largest absolute Gasteiger partial charge is 0.416 e. The van der Waals surface area contributed by atoms with Gasteiger partial charge in [0.1, 0.15) is 0 Å². The summed E-state index contributed by atoms with van der Waals surface area (Å²) < 4.78 is 40.3. The molecule has 0 saturated carbocycles. The van der Waals surface area contributed by atoms with Crippen LogP contribution in [-0.4, -0.2) is 32.3 Å². The smallest absolute Gasteiger partial charge is 0.342 e. The molecular formula is C23H21ClF3N5O2S. The van der Waals surface area contributed by atoms with Gasteiger partial charge in [-0.25, -0.2) is 0 Å². The van der Waals surface area contributed by atoms with Crippen molar-refractivity contribution in [3.63, 3.8) is 0 Å². The summed E-state index contributed by atoms with van der Waals surface area (Å²) >= 11 is 7.14. The highest BCUT2D eigenvalue weighted by atomic mass is 35.5. The molecule has 0 bridgehead atoms. The van der Waals surface area contributed by atoms with Crippen LogP contribution in [0.5, 0.6) is 0 Å². The first kappa shape index (κ1) is 26.3. The number of amides is 2. The Morgan fingerprint density at radius 3 is 2.63 bits per heavy atom. The summed E-state index contributed by atoms with van der Waals surface area (Å²) in [6, 6.07) is 10.5. The lowest BCUT2D eigenvalue weighted by molar-refractivity contribution is -0.137. The van der Waals surface area contributed by atoms with Gasteiger partial charge in [-0.15, -0.1) is 16.8 Å². The van der Waals surface area contributed by atoms with Crippen molar-refractivity contribution in [2.75, 3.05) is 11.1 Å². The lowest BCUT2D eigenvalue weighted by atomic mass is 10.2. The fourth-order valence-corrected chi connectivity index (χ4v) is 4.09. The molecule has 2 aromatic carbocycles. The van der Waals surface area contributed by atoms with Gasteiger partial charge < -0.3 is 15.2 Å². The van der Waals surface area contributed by atoms with Gasteiger partial charge >= 0.3 is 6.18 Å². The first-order valence-electron chi connectivity index (χ1n) is 10.3. The number of thioether (sulfide) groups is 1. The summed E-state index contributed by atoms with van der Waals surface area (Å²) in [6.45, 7) is 5.76. The van der Waals surface area contributed by atoms with Gasteiger partial charge in [0.05, 0.1) is 27.9 Å². The molecule has 7 nitrogen and oxygen atoms in total. The van der Waals surface area contributed by atoms with Crippen molar-refractivity contribution in [2.24, 2.45) is 0 Å². The molecule has 0 unspecified atom stereocenters. The zero-order valence-corrected chi connectivity index (χ0v) is 20.0. The van der Waals surface area contributed by atoms with Crippen molar-refractivity contribution in [1.82, 2.24) is 20.1 Å². The second-order valence-electron chi connectivity index (χ2n) is 7.33. The quantitative estimate of drug-likeness (QED) is 0.291. The number of aromatic nitrogens is 3. The SMILES string of the molecule is C=CCn1c(SCC(=O)Nc2cccc(C(F)(F)F)c2)nnc1[C@H](C)NC(=O)c1ccccc1Cl. The molecule has 184 valence electrons. The van der Waals surface area contributed by atoms with Crippen molar-refractivity contribution in [1.29, 1.82) is 0 Å². The Balaban J connectivity index is 1.67. The van der Waals surface area contributed by atoms with E-state index in [1.54, 1.807) is 41.8 Å². The molecule has 0 saturated heterocycles. The van der Waals surface area contributed by atoms with E-state index in [0.29, 0.717) is 28.1 Å². The molecule has 0 aliphatic carbocycles. The molecule has 1 heterocycles. The van der Waals surface area contributed by atoms with Crippen LogP contribution >= 0.6 is 23.4 Å². The fraction of sp³-hybridized carbons (Fsp3) is 0.217. The number of rotatable bonds is 9. The number of anilines is 1. The first-order valence-corrected chi connectivity index (χ1v) is 11.7. The maximum Gasteiger partial charge on any atom is 0.416 e. The van der Waals surface area contributed by atoms with Crippen LogP contribution in [0.15, 0.2) is 66.3 Å². The van der Waals surface area contributed by atoms with Crippen LogP contribution in [-0.2, 0) is 17.5 Å². The van der Waals surface area contributed by atoms with Gasteiger partial charge in [-0.05, 0) is 37.3 Å². The number of carbonyl (C=O) groups excluding carboxylic acids is 2. The summed E-state index contributed by atoms with van der Waals surface area (Å²) in [4.78, 5) is 24.9. The van der Waals surface area contributed by atoms with Gasteiger partial charge in [-0.1, -0.05) is 47.6 Å². The molecule has 35 heavy (non-hydrogen) atoms. The number of hydrogen-bond donors (Lipinski definition) is 2. The Kier molecular flexibility index (Phi) is 8.57. The Hall–Kier alpha value is -3.31. The number of alkyl halides is 3. The van der Waals surface area contributed by atoms with Gasteiger partial charge in [-0.3, -0.25) is 9.59 Å². The Morgan fingerprint density at radius 1 is 1.20 bits per heavy atom. The van der Waals surface area contributed by atoms with E-state index in [1.165, 1.54) is 12.1 Å². The molecule has 1 aromatic heterocycles. The lowest BCUT2D eigenvalue weighted by Crippen LogP contribution is -2.29. The Morgan fingerprint density at radius 2 is 1.94 bits per heavy atom. The van der Waals surface area contributed by atoms with Crippen LogP contribution in [0.2, 0.25) is 5.02 Å². The second-order valence-corrected chi connectivity index (χ2v) is 8.68. The molecule has 1 atom stereocenters. The van der Waals surface area contributed by atoms with E-state index in [1.807, 2.05) is 0 Å². The number of carbonyl (C=O) groups is 2. The molecule has 12 heteroatoms. The number of allylic oxidation sites excluding steroid dienone is 1. The third kappa shape index (κ3) is 6.86. The molecule has 0 spiro atoms. The highest BCUT2D eigenvalue weighted by molar-refractivity contribution is 7.99. The van der Waals surface area contributed by atoms with Crippen LogP contribution in [0.4, 0.5) is 18.9 Å². The molecule has 0 aliphatic rings. The van der Waals surface area contributed by atoms with Gasteiger partial charge in [0.2, 0.25) is 5.91 Å². The van der Waals surface area contributed by atoms with E-state index in [2.05, 4.69) is 27.4 Å². The maximum absolute atomic E-state index is 12.9. The molecule has 3 rings (SSSR count). The van der Waals surface area contributed by atoms with Crippen molar-refractivity contribution in [3.8, 4) is 0 Å². The van der Waals surface area contributed by atoms with Crippen LogP contribution < -0.4 is 10.6 Å². The fourth-order valence-electron chi connectivity index (χ4n) is 3.11. The lowest BCUT2D eigenvalue weighted by Gasteiger charge is -2.15. The van der Waals surface area contributed by atoms with E-state index in [9.17, 15) is 22.8 Å². The molecular weight excluding hydrogens is 503 g/mol. The molecule has 2 N–H and O–H groups in total. The van der Waals surface area contributed by atoms with Gasteiger partial charge in [0.15, 0.2) is 11.0 Å². The molecule has 0 aliphatic heterocycles. The summed E-state index contributed by atoms with van der Waals surface area (Å²) in [7, 11) is 0. The number of benzene rings is 2. The van der Waals surface area contributed by atoms with E-state index < -0.39 is 23.7 Å². The zero-order chi connectivity index (χ0) is 25.6. The number of nitrogens with zero attached hydrogens (tertiary/aromatic N) is 3.